The summed E-state index contributed by atoms with van der Waals surface area (Å²) in [5.74, 6) is 0. The molecule has 0 bridgehead atoms. The average Bonchev–Trinajstić information content (AvgIpc) is 1.89. The van der Waals surface area contributed by atoms with Gasteiger partial charge in [0, 0.05) is 0 Å². The fourth-order valence-corrected chi connectivity index (χ4v) is 0.815. The maximum atomic E-state index is 13.1. The van der Waals surface area contributed by atoms with Crippen LogP contribution in [0.5, 0.6) is 0 Å². The van der Waals surface area contributed by atoms with Crippen LogP contribution in [0.1, 0.15) is 39.5 Å². The lowest BCUT2D eigenvalue weighted by molar-refractivity contribution is 0.164. The SMILES string of the molecule is CCC(C)(F)CCCCN. The van der Waals surface area contributed by atoms with Crippen molar-refractivity contribution in [1.29, 1.82) is 0 Å². The summed E-state index contributed by atoms with van der Waals surface area (Å²) in [6.07, 6.45) is 3.12. The van der Waals surface area contributed by atoms with Gasteiger partial charge in [-0.3, -0.25) is 0 Å². The van der Waals surface area contributed by atoms with Crippen molar-refractivity contribution in [3.05, 3.63) is 0 Å². The molecule has 0 aromatic rings. The Morgan fingerprint density at radius 1 is 1.40 bits per heavy atom. The molecule has 0 rings (SSSR count). The van der Waals surface area contributed by atoms with Crippen LogP contribution in [0.2, 0.25) is 0 Å². The summed E-state index contributed by atoms with van der Waals surface area (Å²) < 4.78 is 13.1. The molecule has 0 saturated heterocycles. The molecule has 0 aromatic carbocycles. The van der Waals surface area contributed by atoms with Gasteiger partial charge in [-0.25, -0.2) is 4.39 Å². The monoisotopic (exact) mass is 147 g/mol. The number of nitrogens with two attached hydrogens (primary N) is 1. The summed E-state index contributed by atoms with van der Waals surface area (Å²) in [6, 6.07) is 0. The minimum Gasteiger partial charge on any atom is -0.330 e. The summed E-state index contributed by atoms with van der Waals surface area (Å²) in [6.45, 7) is 4.21. The number of hydrogen-bond acceptors (Lipinski definition) is 1. The molecule has 0 aromatic heterocycles. The number of halogens is 1. The average molecular weight is 147 g/mol. The van der Waals surface area contributed by atoms with E-state index in [1.165, 1.54) is 0 Å². The summed E-state index contributed by atoms with van der Waals surface area (Å²) in [7, 11) is 0. The maximum absolute atomic E-state index is 13.1. The minimum absolute atomic E-state index is 0.609. The quantitative estimate of drug-likeness (QED) is 0.593. The molecule has 1 nitrogen and oxygen atoms in total. The van der Waals surface area contributed by atoms with E-state index in [0.717, 1.165) is 12.8 Å². The summed E-state index contributed by atoms with van der Waals surface area (Å²) in [5, 5.41) is 0. The Hall–Kier alpha value is -0.110. The Balaban J connectivity index is 3.28. The topological polar surface area (TPSA) is 26.0 Å². The molecule has 0 aliphatic rings. The van der Waals surface area contributed by atoms with E-state index in [4.69, 9.17) is 5.73 Å². The van der Waals surface area contributed by atoms with Gasteiger partial charge < -0.3 is 5.73 Å². The number of unbranched alkanes of at least 4 members (excludes halogenated alkanes) is 1. The van der Waals surface area contributed by atoms with Gasteiger partial charge >= 0.3 is 0 Å². The van der Waals surface area contributed by atoms with Crippen LogP contribution < -0.4 is 5.73 Å². The van der Waals surface area contributed by atoms with Crippen molar-refractivity contribution in [3.63, 3.8) is 0 Å². The lowest BCUT2D eigenvalue weighted by Crippen LogP contribution is -2.16. The van der Waals surface area contributed by atoms with Crippen molar-refractivity contribution in [2.75, 3.05) is 6.54 Å². The third kappa shape index (κ3) is 4.74. The van der Waals surface area contributed by atoms with Crippen LogP contribution in [0.15, 0.2) is 0 Å². The van der Waals surface area contributed by atoms with E-state index < -0.39 is 5.67 Å². The first kappa shape index (κ1) is 9.89. The molecule has 10 heavy (non-hydrogen) atoms. The Kier molecular flexibility index (Phi) is 4.62. The van der Waals surface area contributed by atoms with E-state index in [0.29, 0.717) is 19.4 Å². The lowest BCUT2D eigenvalue weighted by atomic mass is 9.98. The van der Waals surface area contributed by atoms with E-state index in [9.17, 15) is 4.39 Å². The van der Waals surface area contributed by atoms with Gasteiger partial charge in [-0.05, 0) is 39.2 Å². The highest BCUT2D eigenvalue weighted by Crippen LogP contribution is 2.21. The van der Waals surface area contributed by atoms with Crippen molar-refractivity contribution in [2.45, 2.75) is 45.2 Å². The second kappa shape index (κ2) is 4.67. The lowest BCUT2D eigenvalue weighted by Gasteiger charge is -2.16. The van der Waals surface area contributed by atoms with E-state index in [1.807, 2.05) is 6.92 Å². The predicted octanol–water partition coefficient (Wildman–Crippen LogP) is 2.25. The molecule has 0 aliphatic carbocycles. The van der Waals surface area contributed by atoms with E-state index >= 15 is 0 Å². The Bertz CT molecular complexity index is 81.3. The highest BCUT2D eigenvalue weighted by Gasteiger charge is 2.18. The van der Waals surface area contributed by atoms with Gasteiger partial charge in [0.25, 0.3) is 0 Å². The molecule has 0 spiro atoms. The summed E-state index contributed by atoms with van der Waals surface area (Å²) in [4.78, 5) is 0. The zero-order valence-corrected chi connectivity index (χ0v) is 6.99. The van der Waals surface area contributed by atoms with Crippen molar-refractivity contribution >= 4 is 0 Å². The Morgan fingerprint density at radius 2 is 2.00 bits per heavy atom. The van der Waals surface area contributed by atoms with E-state index in [2.05, 4.69) is 0 Å². The smallest absolute Gasteiger partial charge is 0.108 e. The van der Waals surface area contributed by atoms with E-state index in [1.54, 1.807) is 6.92 Å². The van der Waals surface area contributed by atoms with Gasteiger partial charge in [0.1, 0.15) is 5.67 Å². The fourth-order valence-electron chi connectivity index (χ4n) is 0.815. The van der Waals surface area contributed by atoms with Crippen LogP contribution in [0, 0.1) is 0 Å². The molecule has 2 heteroatoms. The third-order valence-electron chi connectivity index (χ3n) is 1.89. The van der Waals surface area contributed by atoms with Gasteiger partial charge in [-0.1, -0.05) is 6.92 Å². The fraction of sp³-hybridized carbons (Fsp3) is 1.00. The van der Waals surface area contributed by atoms with Crippen molar-refractivity contribution in [3.8, 4) is 0 Å². The first-order chi connectivity index (χ1) is 4.62. The Morgan fingerprint density at radius 3 is 2.40 bits per heavy atom. The number of alkyl halides is 1. The van der Waals surface area contributed by atoms with Crippen LogP contribution in [0.4, 0.5) is 4.39 Å². The molecule has 2 N–H and O–H groups in total. The third-order valence-corrected chi connectivity index (χ3v) is 1.89. The van der Waals surface area contributed by atoms with Crippen LogP contribution in [-0.2, 0) is 0 Å². The Labute approximate surface area is 62.8 Å². The van der Waals surface area contributed by atoms with Gasteiger partial charge in [0.05, 0.1) is 0 Å². The molecule has 0 saturated carbocycles. The summed E-state index contributed by atoms with van der Waals surface area (Å²) in [5.41, 5.74) is 4.31. The molecule has 0 heterocycles. The molecular formula is C8H18FN. The van der Waals surface area contributed by atoms with Gasteiger partial charge in [0.2, 0.25) is 0 Å². The van der Waals surface area contributed by atoms with Gasteiger partial charge in [0.15, 0.2) is 0 Å². The van der Waals surface area contributed by atoms with Crippen molar-refractivity contribution in [1.82, 2.24) is 0 Å². The molecule has 1 unspecified atom stereocenters. The zero-order chi connectivity index (χ0) is 8.04. The first-order valence-corrected chi connectivity index (χ1v) is 4.01. The molecular weight excluding hydrogens is 129 g/mol. The molecule has 0 fully saturated rings. The standard InChI is InChI=1S/C8H18FN/c1-3-8(2,9)6-4-5-7-10/h3-7,10H2,1-2H3. The van der Waals surface area contributed by atoms with Gasteiger partial charge in [-0.2, -0.15) is 0 Å². The number of rotatable bonds is 5. The van der Waals surface area contributed by atoms with Crippen LogP contribution in [0.3, 0.4) is 0 Å². The highest BCUT2D eigenvalue weighted by molar-refractivity contribution is 4.70. The van der Waals surface area contributed by atoms with Crippen LogP contribution >= 0.6 is 0 Å². The molecule has 62 valence electrons. The molecule has 0 aliphatic heterocycles. The maximum Gasteiger partial charge on any atom is 0.108 e. The zero-order valence-electron chi connectivity index (χ0n) is 6.99. The molecule has 0 amide bonds. The minimum atomic E-state index is -0.963. The predicted molar refractivity (Wildman–Crippen MR) is 42.7 cm³/mol. The van der Waals surface area contributed by atoms with Crippen molar-refractivity contribution < 1.29 is 4.39 Å². The molecule has 1 atom stereocenters. The first-order valence-electron chi connectivity index (χ1n) is 4.01. The highest BCUT2D eigenvalue weighted by atomic mass is 19.1. The second-order valence-corrected chi connectivity index (χ2v) is 3.01. The molecule has 0 radical (unpaired) electrons. The van der Waals surface area contributed by atoms with Crippen LogP contribution in [0.25, 0.3) is 0 Å². The van der Waals surface area contributed by atoms with E-state index in [-0.39, 0.29) is 0 Å². The summed E-state index contributed by atoms with van der Waals surface area (Å²) >= 11 is 0. The normalized spacial score (nSPS) is 16.8. The van der Waals surface area contributed by atoms with Gasteiger partial charge in [-0.15, -0.1) is 0 Å². The van der Waals surface area contributed by atoms with Crippen molar-refractivity contribution in [2.24, 2.45) is 5.73 Å². The number of hydrogen-bond donors (Lipinski definition) is 1. The second-order valence-electron chi connectivity index (χ2n) is 3.01. The van der Waals surface area contributed by atoms with Crippen LogP contribution in [-0.4, -0.2) is 12.2 Å². The largest absolute Gasteiger partial charge is 0.330 e.